The zero-order valence-electron chi connectivity index (χ0n) is 22.6. The Balaban J connectivity index is 0.00000176. The number of amides is 1. The van der Waals surface area contributed by atoms with Crippen LogP contribution in [-0.2, 0) is 17.7 Å². The monoisotopic (exact) mass is 493 g/mol. The van der Waals surface area contributed by atoms with E-state index in [0.717, 1.165) is 36.0 Å². The molecule has 7 heteroatoms. The summed E-state index contributed by atoms with van der Waals surface area (Å²) >= 11 is 0. The van der Waals surface area contributed by atoms with Crippen molar-refractivity contribution in [3.05, 3.63) is 45.2 Å². The lowest BCUT2D eigenvalue weighted by atomic mass is 9.96. The molecular formula is C29H39N3O4. The van der Waals surface area contributed by atoms with Crippen LogP contribution in [0.5, 0.6) is 0 Å². The first-order valence-electron chi connectivity index (χ1n) is 13.1. The highest BCUT2D eigenvalue weighted by atomic mass is 16.6. The Hall–Kier alpha value is -3.27. The van der Waals surface area contributed by atoms with Gasteiger partial charge in [0.05, 0.1) is 11.1 Å². The van der Waals surface area contributed by atoms with Crippen molar-refractivity contribution in [1.82, 2.24) is 14.4 Å². The molecule has 0 N–H and O–H groups in total. The molecule has 1 fully saturated rings. The number of aromatic nitrogens is 1. The summed E-state index contributed by atoms with van der Waals surface area (Å²) in [6.07, 6.45) is 4.41. The van der Waals surface area contributed by atoms with Gasteiger partial charge in [-0.25, -0.2) is 4.79 Å². The van der Waals surface area contributed by atoms with Gasteiger partial charge in [-0.3, -0.25) is 9.59 Å². The summed E-state index contributed by atoms with van der Waals surface area (Å²) in [5.74, 6) is 3.12. The van der Waals surface area contributed by atoms with Crippen molar-refractivity contribution in [2.45, 2.75) is 79.4 Å². The van der Waals surface area contributed by atoms with Crippen molar-refractivity contribution in [2.75, 3.05) is 26.2 Å². The Bertz CT molecular complexity index is 1240. The van der Waals surface area contributed by atoms with E-state index in [0.29, 0.717) is 44.4 Å². The summed E-state index contributed by atoms with van der Waals surface area (Å²) < 4.78 is 7.51. The summed E-state index contributed by atoms with van der Waals surface area (Å²) in [4.78, 5) is 41.7. The second-order valence-corrected chi connectivity index (χ2v) is 10.1. The van der Waals surface area contributed by atoms with Crippen molar-refractivity contribution in [1.29, 1.82) is 0 Å². The van der Waals surface area contributed by atoms with Crippen LogP contribution in [0.3, 0.4) is 0 Å². The second-order valence-electron chi connectivity index (χ2n) is 10.1. The van der Waals surface area contributed by atoms with E-state index < -0.39 is 5.60 Å². The van der Waals surface area contributed by atoms with E-state index >= 15 is 0 Å². The molecule has 1 saturated heterocycles. The van der Waals surface area contributed by atoms with Crippen LogP contribution in [0.4, 0.5) is 4.79 Å². The molecule has 1 aromatic carbocycles. The molecule has 0 aliphatic carbocycles. The fourth-order valence-corrected chi connectivity index (χ4v) is 4.54. The molecule has 1 aromatic heterocycles. The third-order valence-corrected chi connectivity index (χ3v) is 6.16. The van der Waals surface area contributed by atoms with E-state index in [1.807, 2.05) is 52.5 Å². The number of aryl methyl sites for hydroxylation is 2. The number of rotatable bonds is 3. The van der Waals surface area contributed by atoms with Crippen LogP contribution in [0.15, 0.2) is 23.1 Å². The first-order valence-corrected chi connectivity index (χ1v) is 13.1. The summed E-state index contributed by atoms with van der Waals surface area (Å²) in [6.45, 7) is 14.7. The summed E-state index contributed by atoms with van der Waals surface area (Å²) in [6, 6.07) is 7.09. The Morgan fingerprint density at radius 3 is 2.39 bits per heavy atom. The van der Waals surface area contributed by atoms with E-state index in [-0.39, 0.29) is 22.9 Å². The molecule has 0 spiro atoms. The minimum absolute atomic E-state index is 0.0929. The largest absolute Gasteiger partial charge is 0.444 e. The smallest absolute Gasteiger partial charge is 0.410 e. The minimum Gasteiger partial charge on any atom is -0.444 e. The maximum atomic E-state index is 13.2. The van der Waals surface area contributed by atoms with Crippen molar-refractivity contribution in [3.8, 4) is 12.0 Å². The van der Waals surface area contributed by atoms with Gasteiger partial charge >= 0.3 is 6.09 Å². The lowest BCUT2D eigenvalue weighted by molar-refractivity contribution is 0.0182. The summed E-state index contributed by atoms with van der Waals surface area (Å²) in [7, 11) is 0. The van der Waals surface area contributed by atoms with Crippen molar-refractivity contribution < 1.29 is 14.3 Å². The molecule has 0 bridgehead atoms. The first kappa shape index (κ1) is 27.3. The Morgan fingerprint density at radius 2 is 1.75 bits per heavy atom. The molecule has 0 atom stereocenters. The second kappa shape index (κ2) is 11.6. The lowest BCUT2D eigenvalue weighted by Crippen LogP contribution is -2.48. The SMILES string of the molecule is CC.CCCC(=O)c1cn2c3c(cc(C#CN4CCN(C(=O)OC(C)(C)C)CC4)cc3c1=O)CCC2. The van der Waals surface area contributed by atoms with Crippen LogP contribution in [-0.4, -0.2) is 58.0 Å². The van der Waals surface area contributed by atoms with E-state index in [2.05, 4.69) is 22.6 Å². The fraction of sp³-hybridized carbons (Fsp3) is 0.552. The Morgan fingerprint density at radius 1 is 1.06 bits per heavy atom. The molecule has 194 valence electrons. The predicted molar refractivity (Wildman–Crippen MR) is 143 cm³/mol. The molecule has 0 radical (unpaired) electrons. The van der Waals surface area contributed by atoms with Crippen LogP contribution in [0.2, 0.25) is 0 Å². The molecule has 36 heavy (non-hydrogen) atoms. The number of carbonyl (C=O) groups excluding carboxylic acids is 2. The number of piperazine rings is 1. The van der Waals surface area contributed by atoms with Gasteiger partial charge < -0.3 is 19.1 Å². The van der Waals surface area contributed by atoms with E-state index in [9.17, 15) is 14.4 Å². The maximum absolute atomic E-state index is 13.2. The number of hydrogen-bond donors (Lipinski definition) is 0. The molecule has 2 aromatic rings. The predicted octanol–water partition coefficient (Wildman–Crippen LogP) is 4.82. The molecule has 0 unspecified atom stereocenters. The van der Waals surface area contributed by atoms with Gasteiger partial charge in [0, 0.05) is 62.3 Å². The molecule has 2 aliphatic rings. The van der Waals surface area contributed by atoms with Crippen LogP contribution in [0.1, 0.15) is 82.3 Å². The van der Waals surface area contributed by atoms with Gasteiger partial charge in [-0.1, -0.05) is 20.8 Å². The zero-order chi connectivity index (χ0) is 26.5. The van der Waals surface area contributed by atoms with Crippen LogP contribution >= 0.6 is 0 Å². The Labute approximate surface area is 214 Å². The van der Waals surface area contributed by atoms with Gasteiger partial charge in [-0.2, -0.15) is 0 Å². The van der Waals surface area contributed by atoms with Crippen LogP contribution in [0.25, 0.3) is 10.9 Å². The molecule has 4 rings (SSSR count). The highest BCUT2D eigenvalue weighted by Crippen LogP contribution is 2.25. The number of carbonyl (C=O) groups is 2. The first-order chi connectivity index (χ1) is 17.2. The lowest BCUT2D eigenvalue weighted by Gasteiger charge is -2.33. The van der Waals surface area contributed by atoms with Crippen molar-refractivity contribution >= 4 is 22.8 Å². The quantitative estimate of drug-likeness (QED) is 0.453. The average molecular weight is 494 g/mol. The standard InChI is InChI=1S/C27H33N3O4.C2H6/c1-5-7-23(31)22-18-30-10-6-8-20-16-19(17-21(24(20)30)25(22)32)9-11-28-12-14-29(15-13-28)26(33)34-27(2,3)4;1-2/h16-18H,5-8,10,12-15H2,1-4H3;1-2H3. The van der Waals surface area contributed by atoms with Crippen molar-refractivity contribution in [3.63, 3.8) is 0 Å². The number of nitrogens with zero attached hydrogens (tertiary/aromatic N) is 3. The fourth-order valence-electron chi connectivity index (χ4n) is 4.54. The van der Waals surface area contributed by atoms with E-state index in [4.69, 9.17) is 4.74 Å². The minimum atomic E-state index is -0.510. The molecule has 0 saturated carbocycles. The zero-order valence-corrected chi connectivity index (χ0v) is 22.6. The van der Waals surface area contributed by atoms with E-state index in [1.54, 1.807) is 11.1 Å². The third kappa shape index (κ3) is 6.29. The number of ketones is 1. The Kier molecular flexibility index (Phi) is 8.84. The van der Waals surface area contributed by atoms with Crippen molar-refractivity contribution in [2.24, 2.45) is 0 Å². The van der Waals surface area contributed by atoms with E-state index in [1.165, 1.54) is 0 Å². The van der Waals surface area contributed by atoms with Gasteiger partial charge in [-0.05, 0) is 63.7 Å². The number of ether oxygens (including phenoxy) is 1. The van der Waals surface area contributed by atoms with Gasteiger partial charge in [0.1, 0.15) is 5.60 Å². The highest BCUT2D eigenvalue weighted by molar-refractivity contribution is 5.99. The van der Waals surface area contributed by atoms with Crippen LogP contribution in [0, 0.1) is 12.0 Å². The normalized spacial score (nSPS) is 14.9. The number of benzene rings is 1. The van der Waals surface area contributed by atoms with Gasteiger partial charge in [-0.15, -0.1) is 0 Å². The number of pyridine rings is 1. The summed E-state index contributed by atoms with van der Waals surface area (Å²) in [5, 5.41) is 0.582. The summed E-state index contributed by atoms with van der Waals surface area (Å²) in [5.41, 5.74) is 2.40. The third-order valence-electron chi connectivity index (χ3n) is 6.16. The number of hydrogen-bond acceptors (Lipinski definition) is 5. The van der Waals surface area contributed by atoms with Gasteiger partial charge in [0.15, 0.2) is 11.2 Å². The average Bonchev–Trinajstić information content (AvgIpc) is 2.85. The highest BCUT2D eigenvalue weighted by Gasteiger charge is 2.25. The molecule has 7 nitrogen and oxygen atoms in total. The topological polar surface area (TPSA) is 71.8 Å². The van der Waals surface area contributed by atoms with Gasteiger partial charge in [0.2, 0.25) is 0 Å². The molecule has 1 amide bonds. The molecule has 2 aliphatic heterocycles. The molecule has 3 heterocycles. The van der Waals surface area contributed by atoms with Gasteiger partial charge in [0.25, 0.3) is 0 Å². The molecular weight excluding hydrogens is 454 g/mol. The number of Topliss-reactive ketones (excluding diaryl/α,β-unsaturated/α-hetero) is 1. The maximum Gasteiger partial charge on any atom is 0.410 e. The van der Waals surface area contributed by atoms with Crippen LogP contribution < -0.4 is 5.43 Å².